The van der Waals surface area contributed by atoms with Gasteiger partial charge >= 0.3 is 6.36 Å². The predicted molar refractivity (Wildman–Crippen MR) is 104 cm³/mol. The molecule has 0 saturated heterocycles. The number of nitrogens with one attached hydrogen (secondary N) is 1. The Morgan fingerprint density at radius 2 is 1.66 bits per heavy atom. The number of carbonyl (C=O) groups excluding carboxylic acids is 2. The zero-order valence-corrected chi connectivity index (χ0v) is 16.4. The molecular formula is C20H20F3NO4S. The van der Waals surface area contributed by atoms with Crippen LogP contribution in [0.4, 0.5) is 13.2 Å². The Kier molecular flexibility index (Phi) is 8.38. The fraction of sp³-hybridized carbons (Fsp3) is 0.300. The van der Waals surface area contributed by atoms with Gasteiger partial charge in [-0.3, -0.25) is 14.9 Å². The van der Waals surface area contributed by atoms with Gasteiger partial charge in [-0.05, 0) is 48.1 Å². The highest BCUT2D eigenvalue weighted by atomic mass is 32.2. The first-order chi connectivity index (χ1) is 13.8. The quantitative estimate of drug-likeness (QED) is 0.585. The molecule has 1 atom stereocenters. The van der Waals surface area contributed by atoms with Gasteiger partial charge in [0, 0.05) is 6.42 Å². The molecule has 0 fully saturated rings. The minimum absolute atomic E-state index is 0.261. The zero-order chi connectivity index (χ0) is 21.3. The van der Waals surface area contributed by atoms with E-state index in [0.717, 1.165) is 11.1 Å². The molecule has 0 bridgehead atoms. The molecule has 0 aliphatic heterocycles. The maximum atomic E-state index is 12.1. The van der Waals surface area contributed by atoms with Crippen molar-refractivity contribution in [3.63, 3.8) is 0 Å². The van der Waals surface area contributed by atoms with Crippen LogP contribution in [0.5, 0.6) is 11.5 Å². The number of hydrogen-bond acceptors (Lipinski definition) is 5. The Bertz CT molecular complexity index is 795. The van der Waals surface area contributed by atoms with Crippen molar-refractivity contribution < 1.29 is 32.2 Å². The van der Waals surface area contributed by atoms with Gasteiger partial charge in [0.1, 0.15) is 11.5 Å². The summed E-state index contributed by atoms with van der Waals surface area (Å²) in [4.78, 5) is 22.2. The molecule has 29 heavy (non-hydrogen) atoms. The number of carbonyl (C=O) groups is 2. The Balaban J connectivity index is 1.81. The number of hydrogen-bond donors (Lipinski definition) is 1. The number of rotatable bonds is 10. The first-order valence-corrected chi connectivity index (χ1v) is 9.93. The number of alkyl halides is 3. The van der Waals surface area contributed by atoms with Crippen LogP contribution >= 0.6 is 11.8 Å². The predicted octanol–water partition coefficient (Wildman–Crippen LogP) is 3.75. The lowest BCUT2D eigenvalue weighted by Gasteiger charge is -2.13. The first kappa shape index (κ1) is 22.6. The summed E-state index contributed by atoms with van der Waals surface area (Å²) in [6, 6.07) is 12.9. The van der Waals surface area contributed by atoms with E-state index >= 15 is 0 Å². The molecule has 2 amide bonds. The highest BCUT2D eigenvalue weighted by molar-refractivity contribution is 7.99. The smallest absolute Gasteiger partial charge is 0.493 e. The number of halogens is 3. The third-order valence-corrected chi connectivity index (χ3v) is 4.89. The van der Waals surface area contributed by atoms with E-state index in [1.165, 1.54) is 23.9 Å². The van der Waals surface area contributed by atoms with E-state index in [9.17, 15) is 22.8 Å². The lowest BCUT2D eigenvalue weighted by atomic mass is 10.1. The van der Waals surface area contributed by atoms with Crippen LogP contribution in [0.25, 0.3) is 0 Å². The summed E-state index contributed by atoms with van der Waals surface area (Å²) in [6.07, 6.45) is -1.53. The maximum absolute atomic E-state index is 12.1. The Hall–Kier alpha value is -2.68. The van der Waals surface area contributed by atoms with Crippen molar-refractivity contribution >= 4 is 24.1 Å². The van der Waals surface area contributed by atoms with Gasteiger partial charge < -0.3 is 9.47 Å². The summed E-state index contributed by atoms with van der Waals surface area (Å²) >= 11 is 1.36. The average Bonchev–Trinajstić information content (AvgIpc) is 2.67. The highest BCUT2D eigenvalue weighted by Gasteiger charge is 2.30. The van der Waals surface area contributed by atoms with Gasteiger partial charge in [-0.15, -0.1) is 13.2 Å². The summed E-state index contributed by atoms with van der Waals surface area (Å²) in [5.74, 6) is 0.0476. The van der Waals surface area contributed by atoms with Crippen LogP contribution in [0, 0.1) is 0 Å². The van der Waals surface area contributed by atoms with Crippen molar-refractivity contribution in [1.29, 1.82) is 0 Å². The molecule has 0 aliphatic rings. The molecule has 5 nitrogen and oxygen atoms in total. The highest BCUT2D eigenvalue weighted by Crippen LogP contribution is 2.23. The van der Waals surface area contributed by atoms with Crippen LogP contribution in [0.2, 0.25) is 0 Å². The second-order valence-electron chi connectivity index (χ2n) is 5.99. The molecule has 2 aromatic carbocycles. The van der Waals surface area contributed by atoms with Gasteiger partial charge in [-0.25, -0.2) is 0 Å². The SMILES string of the molecule is CSC(Cc1ccc(OCCc2ccc(OC(F)(F)F)cc2)cc1)C(=O)NC=O. The van der Waals surface area contributed by atoms with E-state index in [2.05, 4.69) is 10.1 Å². The molecule has 9 heteroatoms. The molecule has 2 rings (SSSR count). The summed E-state index contributed by atoms with van der Waals surface area (Å²) in [6.45, 7) is 0.355. The van der Waals surface area contributed by atoms with E-state index in [1.54, 1.807) is 30.5 Å². The van der Waals surface area contributed by atoms with Gasteiger partial charge in [0.05, 0.1) is 11.9 Å². The van der Waals surface area contributed by atoms with E-state index < -0.39 is 6.36 Å². The van der Waals surface area contributed by atoms with Crippen molar-refractivity contribution in [2.24, 2.45) is 0 Å². The monoisotopic (exact) mass is 427 g/mol. The van der Waals surface area contributed by atoms with Crippen LogP contribution in [0.15, 0.2) is 48.5 Å². The van der Waals surface area contributed by atoms with Gasteiger partial charge in [0.25, 0.3) is 0 Å². The lowest BCUT2D eigenvalue weighted by molar-refractivity contribution is -0.274. The molecule has 1 N–H and O–H groups in total. The molecule has 1 unspecified atom stereocenters. The molecule has 0 saturated carbocycles. The fourth-order valence-electron chi connectivity index (χ4n) is 2.51. The molecule has 0 aromatic heterocycles. The standard InChI is InChI=1S/C20H20F3NO4S/c1-29-18(19(26)24-13-25)12-15-4-6-16(7-5-15)27-11-10-14-2-8-17(9-3-14)28-20(21,22)23/h2-9,13,18H,10-12H2,1H3,(H,24,25,26). The molecule has 0 heterocycles. The second kappa shape index (κ2) is 10.8. The molecule has 0 radical (unpaired) electrons. The largest absolute Gasteiger partial charge is 0.573 e. The topological polar surface area (TPSA) is 64.6 Å². The molecular weight excluding hydrogens is 407 g/mol. The Labute approximate surface area is 170 Å². The van der Waals surface area contributed by atoms with Crippen LogP contribution in [-0.2, 0) is 22.4 Å². The molecule has 0 aliphatic carbocycles. The first-order valence-electron chi connectivity index (χ1n) is 8.64. The number of amides is 2. The summed E-state index contributed by atoms with van der Waals surface area (Å²) in [5.41, 5.74) is 1.75. The number of thioether (sulfide) groups is 1. The normalized spacial score (nSPS) is 12.1. The number of benzene rings is 2. The van der Waals surface area contributed by atoms with Gasteiger partial charge in [0.2, 0.25) is 12.3 Å². The number of ether oxygens (including phenoxy) is 2. The van der Waals surface area contributed by atoms with E-state index in [1.807, 2.05) is 12.1 Å². The third-order valence-electron chi connectivity index (χ3n) is 3.94. The van der Waals surface area contributed by atoms with Crippen molar-refractivity contribution in [3.8, 4) is 11.5 Å². The average molecular weight is 427 g/mol. The van der Waals surface area contributed by atoms with Gasteiger partial charge in [-0.2, -0.15) is 11.8 Å². The van der Waals surface area contributed by atoms with Crippen LogP contribution < -0.4 is 14.8 Å². The van der Waals surface area contributed by atoms with E-state index in [0.29, 0.717) is 31.6 Å². The van der Waals surface area contributed by atoms with Gasteiger partial charge in [-0.1, -0.05) is 24.3 Å². The van der Waals surface area contributed by atoms with Crippen LogP contribution in [0.3, 0.4) is 0 Å². The van der Waals surface area contributed by atoms with Crippen molar-refractivity contribution in [2.45, 2.75) is 24.5 Å². The number of imide groups is 1. The Morgan fingerprint density at radius 1 is 1.07 bits per heavy atom. The summed E-state index contributed by atoms with van der Waals surface area (Å²) in [7, 11) is 0. The summed E-state index contributed by atoms with van der Waals surface area (Å²) < 4.78 is 45.9. The van der Waals surface area contributed by atoms with E-state index in [-0.39, 0.29) is 16.9 Å². The molecule has 0 spiro atoms. The van der Waals surface area contributed by atoms with Crippen LogP contribution in [0.1, 0.15) is 11.1 Å². The lowest BCUT2D eigenvalue weighted by Crippen LogP contribution is -2.32. The second-order valence-corrected chi connectivity index (χ2v) is 7.03. The maximum Gasteiger partial charge on any atom is 0.573 e. The van der Waals surface area contributed by atoms with Crippen molar-refractivity contribution in [2.75, 3.05) is 12.9 Å². The fourth-order valence-corrected chi connectivity index (χ4v) is 3.16. The van der Waals surface area contributed by atoms with Crippen molar-refractivity contribution in [3.05, 3.63) is 59.7 Å². The molecule has 2 aromatic rings. The summed E-state index contributed by atoms with van der Waals surface area (Å²) in [5, 5.41) is 1.79. The minimum atomic E-state index is -4.70. The van der Waals surface area contributed by atoms with Gasteiger partial charge in [0.15, 0.2) is 0 Å². The van der Waals surface area contributed by atoms with Crippen molar-refractivity contribution in [1.82, 2.24) is 5.32 Å². The van der Waals surface area contributed by atoms with E-state index in [4.69, 9.17) is 4.74 Å². The Morgan fingerprint density at radius 3 is 2.21 bits per heavy atom. The molecule has 156 valence electrons. The van der Waals surface area contributed by atoms with Crippen LogP contribution in [-0.4, -0.2) is 36.8 Å². The zero-order valence-electron chi connectivity index (χ0n) is 15.6. The minimum Gasteiger partial charge on any atom is -0.493 e. The third kappa shape index (κ3) is 8.06.